The maximum Gasteiger partial charge on any atom is 0.299 e. The highest BCUT2D eigenvalue weighted by molar-refractivity contribution is 7.73. The molecule has 3 N–H and O–H groups in total. The van der Waals surface area contributed by atoms with E-state index in [1.807, 2.05) is 42.5 Å². The summed E-state index contributed by atoms with van der Waals surface area (Å²) < 4.78 is 22.8. The Bertz CT molecular complexity index is 915. The van der Waals surface area contributed by atoms with Gasteiger partial charge in [0.15, 0.2) is 0 Å². The van der Waals surface area contributed by atoms with E-state index in [4.69, 9.17) is 24.9 Å². The van der Waals surface area contributed by atoms with Crippen molar-refractivity contribution in [2.45, 2.75) is 0 Å². The van der Waals surface area contributed by atoms with Gasteiger partial charge >= 0.3 is 0 Å². The van der Waals surface area contributed by atoms with Crippen LogP contribution in [0, 0.1) is 0 Å². The van der Waals surface area contributed by atoms with E-state index in [-0.39, 0.29) is 6.54 Å². The summed E-state index contributed by atoms with van der Waals surface area (Å²) in [6.45, 7) is 0.229. The van der Waals surface area contributed by atoms with E-state index in [0.29, 0.717) is 16.6 Å². The predicted molar refractivity (Wildman–Crippen MR) is 96.4 cm³/mol. The van der Waals surface area contributed by atoms with Gasteiger partial charge in [-0.25, -0.2) is 10.1 Å². The number of aliphatic imine (C=N–C) groups is 1. The second-order valence-electron chi connectivity index (χ2n) is 4.92. The number of rotatable bonds is 1. The maximum absolute atomic E-state index is 10.5. The third-order valence-corrected chi connectivity index (χ3v) is 3.55. The topological polar surface area (TPSA) is 106 Å². The van der Waals surface area contributed by atoms with Gasteiger partial charge in [-0.2, -0.15) is 4.21 Å². The molecule has 0 aromatic heterocycles. The Morgan fingerprint density at radius 3 is 2.44 bits per heavy atom. The Morgan fingerprint density at radius 2 is 1.84 bits per heavy atom. The first kappa shape index (κ1) is 19.2. The van der Waals surface area contributed by atoms with Crippen LogP contribution in [0.2, 0.25) is 5.02 Å². The van der Waals surface area contributed by atoms with Gasteiger partial charge in [-0.05, 0) is 18.2 Å². The molecule has 0 radical (unpaired) electrons. The fourth-order valence-corrected chi connectivity index (χ4v) is 2.52. The molecular formula is C16H16ClN3O4S. The summed E-state index contributed by atoms with van der Waals surface area (Å²) in [7, 11) is 1.66. The second-order valence-corrected chi connectivity index (χ2v) is 5.81. The number of fused-ring (bicyclic) bond motifs is 1. The molecule has 3 rings (SSSR count). The van der Waals surface area contributed by atoms with E-state index in [0.717, 1.165) is 16.1 Å². The average molecular weight is 382 g/mol. The standard InChI is InChI=1S/C16H14ClN3O.H2O3S/c1-18-15-10-20(21)16(11-5-3-2-4-6-11)13-9-12(17)7-8-14(13)19-15;1-4(2)3/h2-9,21H,10H2,1H3;(H2,1,2,3). The highest BCUT2D eigenvalue weighted by atomic mass is 35.5. The van der Waals surface area contributed by atoms with Crippen molar-refractivity contribution in [2.75, 3.05) is 13.6 Å². The molecule has 0 unspecified atom stereocenters. The zero-order chi connectivity index (χ0) is 18.4. The van der Waals surface area contributed by atoms with Crippen LogP contribution in [0.4, 0.5) is 0 Å². The molecular weight excluding hydrogens is 366 g/mol. The smallest absolute Gasteiger partial charge is 0.288 e. The first-order chi connectivity index (χ1) is 11.9. The van der Waals surface area contributed by atoms with E-state index >= 15 is 0 Å². The van der Waals surface area contributed by atoms with Crippen molar-refractivity contribution in [3.8, 4) is 0 Å². The van der Waals surface area contributed by atoms with Gasteiger partial charge in [0.25, 0.3) is 11.4 Å². The van der Waals surface area contributed by atoms with Crippen molar-refractivity contribution in [2.24, 2.45) is 9.98 Å². The van der Waals surface area contributed by atoms with Gasteiger partial charge in [-0.3, -0.25) is 19.3 Å². The van der Waals surface area contributed by atoms with E-state index in [1.54, 1.807) is 13.1 Å². The molecule has 0 saturated carbocycles. The van der Waals surface area contributed by atoms with Crippen molar-refractivity contribution >= 4 is 34.5 Å². The summed E-state index contributed by atoms with van der Waals surface area (Å²) in [5.74, 6) is 0.562. The molecule has 0 amide bonds. The van der Waals surface area contributed by atoms with Gasteiger partial charge in [0.2, 0.25) is 0 Å². The van der Waals surface area contributed by atoms with Gasteiger partial charge in [0.1, 0.15) is 12.4 Å². The molecule has 7 nitrogen and oxygen atoms in total. The predicted octanol–water partition coefficient (Wildman–Crippen LogP) is 1.53. The van der Waals surface area contributed by atoms with Gasteiger partial charge in [-0.15, -0.1) is 0 Å². The molecule has 0 bridgehead atoms. The lowest BCUT2D eigenvalue weighted by atomic mass is 10.1. The van der Waals surface area contributed by atoms with Crippen molar-refractivity contribution in [1.82, 2.24) is 5.06 Å². The molecule has 0 atom stereocenters. The van der Waals surface area contributed by atoms with Crippen LogP contribution in [0.25, 0.3) is 5.70 Å². The van der Waals surface area contributed by atoms with Crippen molar-refractivity contribution in [3.05, 3.63) is 69.7 Å². The van der Waals surface area contributed by atoms with Crippen LogP contribution >= 0.6 is 11.6 Å². The largest absolute Gasteiger partial charge is 0.299 e. The molecule has 1 aliphatic heterocycles. The molecule has 0 spiro atoms. The molecule has 2 aromatic carbocycles. The Morgan fingerprint density at radius 1 is 1.20 bits per heavy atom. The van der Waals surface area contributed by atoms with Gasteiger partial charge in [-0.1, -0.05) is 41.9 Å². The molecule has 2 aromatic rings. The van der Waals surface area contributed by atoms with Crippen LogP contribution in [0.1, 0.15) is 5.56 Å². The summed E-state index contributed by atoms with van der Waals surface area (Å²) in [5.41, 5.74) is 1.58. The first-order valence-corrected chi connectivity index (χ1v) is 8.52. The number of hydrogen-bond donors (Lipinski definition) is 3. The van der Waals surface area contributed by atoms with Crippen LogP contribution in [0.5, 0.6) is 0 Å². The minimum atomic E-state index is -2.61. The maximum atomic E-state index is 10.5. The summed E-state index contributed by atoms with van der Waals surface area (Å²) >= 11 is 3.50. The second kappa shape index (κ2) is 8.84. The lowest BCUT2D eigenvalue weighted by molar-refractivity contribution is -0.0119. The molecule has 1 aliphatic rings. The molecule has 9 heteroatoms. The minimum absolute atomic E-state index is 0.229. The Labute approximate surface area is 151 Å². The summed E-state index contributed by atoms with van der Waals surface area (Å²) in [6, 6.07) is 15.1. The Kier molecular flexibility index (Phi) is 6.80. The number of benzene rings is 2. The molecule has 0 aliphatic carbocycles. The van der Waals surface area contributed by atoms with E-state index in [1.165, 1.54) is 5.06 Å². The monoisotopic (exact) mass is 381 g/mol. The quantitative estimate of drug-likeness (QED) is 0.649. The van der Waals surface area contributed by atoms with E-state index < -0.39 is 11.4 Å². The van der Waals surface area contributed by atoms with Crippen LogP contribution < -0.4 is 10.6 Å². The summed E-state index contributed by atoms with van der Waals surface area (Å²) in [4.78, 5) is 8.60. The molecule has 0 fully saturated rings. The van der Waals surface area contributed by atoms with Crippen LogP contribution in [-0.4, -0.2) is 43.0 Å². The minimum Gasteiger partial charge on any atom is -0.288 e. The van der Waals surface area contributed by atoms with Gasteiger partial charge < -0.3 is 0 Å². The van der Waals surface area contributed by atoms with Crippen molar-refractivity contribution < 1.29 is 18.5 Å². The first-order valence-electron chi connectivity index (χ1n) is 7.08. The van der Waals surface area contributed by atoms with Crippen LogP contribution in [-0.2, 0) is 11.4 Å². The lowest BCUT2D eigenvalue weighted by Crippen LogP contribution is -2.31. The number of nitrogens with zero attached hydrogens (tertiary/aromatic N) is 3. The fraction of sp³-hybridized carbons (Fsp3) is 0.125. The average Bonchev–Trinajstić information content (AvgIpc) is 2.70. The zero-order valence-electron chi connectivity index (χ0n) is 13.2. The van der Waals surface area contributed by atoms with Gasteiger partial charge in [0, 0.05) is 22.9 Å². The molecule has 1 heterocycles. The van der Waals surface area contributed by atoms with Crippen LogP contribution in [0.15, 0.2) is 58.5 Å². The normalized spacial score (nSPS) is 15.2. The highest BCUT2D eigenvalue weighted by Crippen LogP contribution is 2.15. The zero-order valence-corrected chi connectivity index (χ0v) is 14.8. The van der Waals surface area contributed by atoms with Crippen LogP contribution in [0.3, 0.4) is 0 Å². The van der Waals surface area contributed by atoms with Crippen molar-refractivity contribution in [3.63, 3.8) is 0 Å². The SMILES string of the molecule is CN=C1CN(O)C(c2ccccc2)=c2cc(Cl)ccc2=N1.O=S(O)O. The highest BCUT2D eigenvalue weighted by Gasteiger charge is 2.17. The number of halogens is 1. The van der Waals surface area contributed by atoms with E-state index in [9.17, 15) is 5.21 Å². The Hall–Kier alpha value is -2.10. The van der Waals surface area contributed by atoms with Gasteiger partial charge in [0.05, 0.1) is 11.1 Å². The molecule has 0 saturated heterocycles. The molecule has 132 valence electrons. The number of hydroxylamine groups is 2. The third-order valence-electron chi connectivity index (χ3n) is 3.32. The van der Waals surface area contributed by atoms with Crippen molar-refractivity contribution in [1.29, 1.82) is 0 Å². The van der Waals surface area contributed by atoms with E-state index in [2.05, 4.69) is 9.98 Å². The summed E-state index contributed by atoms with van der Waals surface area (Å²) in [6.07, 6.45) is 0. The fourth-order valence-electron chi connectivity index (χ4n) is 2.34. The number of amidine groups is 1. The lowest BCUT2D eigenvalue weighted by Gasteiger charge is -2.19. The molecule has 25 heavy (non-hydrogen) atoms. The summed E-state index contributed by atoms with van der Waals surface area (Å²) in [5, 5.41) is 13.8. The number of hydrogen-bond acceptors (Lipinski definition) is 4. The Balaban J connectivity index is 0.000000511. The third kappa shape index (κ3) is 5.18.